The zero-order valence-electron chi connectivity index (χ0n) is 9.59. The molecule has 0 aliphatic carbocycles. The SMILES string of the molecule is COC(=O)c1cc(C(F)(F)F)cc(C(C)=O)c1N. The van der Waals surface area contributed by atoms with Gasteiger partial charge in [0.2, 0.25) is 0 Å². The number of esters is 1. The summed E-state index contributed by atoms with van der Waals surface area (Å²) >= 11 is 0. The average molecular weight is 261 g/mol. The zero-order chi connectivity index (χ0) is 14.1. The molecule has 0 saturated heterocycles. The molecule has 0 heterocycles. The molecule has 0 aromatic heterocycles. The van der Waals surface area contributed by atoms with Gasteiger partial charge in [-0.05, 0) is 19.1 Å². The number of nitrogen functional groups attached to an aromatic ring is 1. The maximum absolute atomic E-state index is 12.6. The number of carbonyl (C=O) groups excluding carboxylic acids is 2. The van der Waals surface area contributed by atoms with Crippen LogP contribution in [-0.2, 0) is 10.9 Å². The number of carbonyl (C=O) groups is 2. The lowest BCUT2D eigenvalue weighted by Crippen LogP contribution is -2.14. The fourth-order valence-electron chi connectivity index (χ4n) is 1.39. The van der Waals surface area contributed by atoms with E-state index in [1.54, 1.807) is 0 Å². The summed E-state index contributed by atoms with van der Waals surface area (Å²) in [5.41, 5.74) is 3.21. The van der Waals surface area contributed by atoms with Gasteiger partial charge in [-0.15, -0.1) is 0 Å². The fraction of sp³-hybridized carbons (Fsp3) is 0.273. The van der Waals surface area contributed by atoms with Crippen molar-refractivity contribution < 1.29 is 27.5 Å². The van der Waals surface area contributed by atoms with Crippen LogP contribution in [0, 0.1) is 0 Å². The van der Waals surface area contributed by atoms with E-state index in [1.165, 1.54) is 0 Å². The lowest BCUT2D eigenvalue weighted by atomic mass is 10.00. The molecule has 7 heteroatoms. The molecule has 0 fully saturated rings. The van der Waals surface area contributed by atoms with Crippen LogP contribution in [0.2, 0.25) is 0 Å². The number of hydrogen-bond donors (Lipinski definition) is 1. The molecule has 98 valence electrons. The van der Waals surface area contributed by atoms with Crippen molar-refractivity contribution in [1.29, 1.82) is 0 Å². The molecule has 0 radical (unpaired) electrons. The van der Waals surface area contributed by atoms with Crippen molar-refractivity contribution in [1.82, 2.24) is 0 Å². The second-order valence-corrected chi connectivity index (χ2v) is 3.53. The van der Waals surface area contributed by atoms with Crippen LogP contribution in [0.5, 0.6) is 0 Å². The standard InChI is InChI=1S/C11H10F3NO3/c1-5(16)7-3-6(11(12,13)14)4-8(9(7)15)10(17)18-2/h3-4H,15H2,1-2H3. The molecule has 0 unspecified atom stereocenters. The maximum atomic E-state index is 12.6. The van der Waals surface area contributed by atoms with Gasteiger partial charge in [-0.2, -0.15) is 13.2 Å². The largest absolute Gasteiger partial charge is 0.465 e. The highest BCUT2D eigenvalue weighted by atomic mass is 19.4. The number of ketones is 1. The second-order valence-electron chi connectivity index (χ2n) is 3.53. The highest BCUT2D eigenvalue weighted by molar-refractivity contribution is 6.05. The van der Waals surface area contributed by atoms with Crippen molar-refractivity contribution in [2.45, 2.75) is 13.1 Å². The maximum Gasteiger partial charge on any atom is 0.416 e. The number of ether oxygens (including phenoxy) is 1. The van der Waals surface area contributed by atoms with Gasteiger partial charge in [0.25, 0.3) is 0 Å². The number of alkyl halides is 3. The predicted molar refractivity (Wildman–Crippen MR) is 57.2 cm³/mol. The molecular weight excluding hydrogens is 251 g/mol. The first-order valence-corrected chi connectivity index (χ1v) is 4.78. The summed E-state index contributed by atoms with van der Waals surface area (Å²) in [7, 11) is 1.01. The summed E-state index contributed by atoms with van der Waals surface area (Å²) in [6, 6.07) is 1.18. The van der Waals surface area contributed by atoms with Crippen LogP contribution in [0.3, 0.4) is 0 Å². The number of nitrogens with two attached hydrogens (primary N) is 1. The van der Waals surface area contributed by atoms with E-state index in [9.17, 15) is 22.8 Å². The van der Waals surface area contributed by atoms with E-state index in [1.807, 2.05) is 0 Å². The molecule has 18 heavy (non-hydrogen) atoms. The van der Waals surface area contributed by atoms with Gasteiger partial charge in [-0.25, -0.2) is 4.79 Å². The van der Waals surface area contributed by atoms with E-state index < -0.39 is 29.1 Å². The Bertz CT molecular complexity index is 509. The number of benzene rings is 1. The van der Waals surface area contributed by atoms with E-state index in [2.05, 4.69) is 4.74 Å². The Morgan fingerprint density at radius 2 is 1.72 bits per heavy atom. The van der Waals surface area contributed by atoms with Crippen molar-refractivity contribution in [3.63, 3.8) is 0 Å². The molecule has 0 spiro atoms. The summed E-state index contributed by atoms with van der Waals surface area (Å²) in [6.07, 6.45) is -4.68. The number of methoxy groups -OCH3 is 1. The first-order valence-electron chi connectivity index (χ1n) is 4.78. The lowest BCUT2D eigenvalue weighted by molar-refractivity contribution is -0.137. The first kappa shape index (κ1) is 14.0. The molecule has 1 aromatic carbocycles. The van der Waals surface area contributed by atoms with Gasteiger partial charge in [0, 0.05) is 5.56 Å². The smallest absolute Gasteiger partial charge is 0.416 e. The Morgan fingerprint density at radius 3 is 2.11 bits per heavy atom. The Labute approximate surface area is 101 Å². The average Bonchev–Trinajstić information content (AvgIpc) is 2.26. The summed E-state index contributed by atoms with van der Waals surface area (Å²) in [5, 5.41) is 0. The van der Waals surface area contributed by atoms with E-state index in [0.29, 0.717) is 12.1 Å². The van der Waals surface area contributed by atoms with E-state index in [-0.39, 0.29) is 11.3 Å². The number of anilines is 1. The van der Waals surface area contributed by atoms with Crippen LogP contribution >= 0.6 is 0 Å². The molecule has 0 atom stereocenters. The number of Topliss-reactive ketones (excluding diaryl/α,β-unsaturated/α-hetero) is 1. The minimum Gasteiger partial charge on any atom is -0.465 e. The number of rotatable bonds is 2. The topological polar surface area (TPSA) is 69.4 Å². The number of halogens is 3. The third kappa shape index (κ3) is 2.61. The summed E-state index contributed by atoms with van der Waals surface area (Å²) in [5.74, 6) is -1.69. The molecule has 0 bridgehead atoms. The molecule has 1 rings (SSSR count). The predicted octanol–water partition coefficient (Wildman–Crippen LogP) is 2.28. The van der Waals surface area contributed by atoms with Crippen molar-refractivity contribution in [2.24, 2.45) is 0 Å². The van der Waals surface area contributed by atoms with E-state index in [0.717, 1.165) is 14.0 Å². The van der Waals surface area contributed by atoms with Crippen molar-refractivity contribution in [3.8, 4) is 0 Å². The van der Waals surface area contributed by atoms with Crippen LogP contribution in [0.1, 0.15) is 33.2 Å². The minimum atomic E-state index is -4.68. The summed E-state index contributed by atoms with van der Waals surface area (Å²) in [4.78, 5) is 22.5. The van der Waals surface area contributed by atoms with Crippen LogP contribution in [0.15, 0.2) is 12.1 Å². The molecular formula is C11H10F3NO3. The quantitative estimate of drug-likeness (QED) is 0.503. The normalized spacial score (nSPS) is 11.2. The highest BCUT2D eigenvalue weighted by Crippen LogP contribution is 2.33. The Hall–Kier alpha value is -2.05. The monoisotopic (exact) mass is 261 g/mol. The fourth-order valence-corrected chi connectivity index (χ4v) is 1.39. The van der Waals surface area contributed by atoms with Gasteiger partial charge in [0.1, 0.15) is 0 Å². The van der Waals surface area contributed by atoms with Gasteiger partial charge < -0.3 is 10.5 Å². The molecule has 4 nitrogen and oxygen atoms in total. The molecule has 0 aliphatic heterocycles. The van der Waals surface area contributed by atoms with Crippen LogP contribution in [-0.4, -0.2) is 18.9 Å². The Kier molecular flexibility index (Phi) is 3.64. The third-order valence-electron chi connectivity index (χ3n) is 2.29. The lowest BCUT2D eigenvalue weighted by Gasteiger charge is -2.13. The summed E-state index contributed by atoms with van der Waals surface area (Å²) in [6.45, 7) is 1.06. The van der Waals surface area contributed by atoms with Crippen LogP contribution in [0.4, 0.5) is 18.9 Å². The highest BCUT2D eigenvalue weighted by Gasteiger charge is 2.33. The van der Waals surface area contributed by atoms with Crippen LogP contribution < -0.4 is 5.73 Å². The van der Waals surface area contributed by atoms with E-state index in [4.69, 9.17) is 5.73 Å². The van der Waals surface area contributed by atoms with Crippen molar-refractivity contribution in [2.75, 3.05) is 12.8 Å². The first-order chi connectivity index (χ1) is 8.18. The zero-order valence-corrected chi connectivity index (χ0v) is 9.59. The van der Waals surface area contributed by atoms with E-state index >= 15 is 0 Å². The Morgan fingerprint density at radius 1 is 1.22 bits per heavy atom. The minimum absolute atomic E-state index is 0.317. The second kappa shape index (κ2) is 4.67. The van der Waals surface area contributed by atoms with Gasteiger partial charge in [0.05, 0.1) is 23.9 Å². The van der Waals surface area contributed by atoms with Crippen molar-refractivity contribution in [3.05, 3.63) is 28.8 Å². The molecule has 0 saturated carbocycles. The summed E-state index contributed by atoms with van der Waals surface area (Å²) < 4.78 is 42.1. The molecule has 2 N–H and O–H groups in total. The Balaban J connectivity index is 3.57. The number of hydrogen-bond acceptors (Lipinski definition) is 4. The third-order valence-corrected chi connectivity index (χ3v) is 2.29. The van der Waals surface area contributed by atoms with Crippen LogP contribution in [0.25, 0.3) is 0 Å². The van der Waals surface area contributed by atoms with Gasteiger partial charge in [-0.1, -0.05) is 0 Å². The van der Waals surface area contributed by atoms with Crippen molar-refractivity contribution >= 4 is 17.4 Å². The van der Waals surface area contributed by atoms with Gasteiger partial charge in [0.15, 0.2) is 5.78 Å². The molecule has 0 aliphatic rings. The molecule has 1 aromatic rings. The molecule has 0 amide bonds. The van der Waals surface area contributed by atoms with Gasteiger partial charge >= 0.3 is 12.1 Å². The van der Waals surface area contributed by atoms with Gasteiger partial charge in [-0.3, -0.25) is 4.79 Å².